The van der Waals surface area contributed by atoms with Crippen LogP contribution in [0.2, 0.25) is 5.02 Å². The maximum absolute atomic E-state index is 12.3. The molecule has 0 saturated carbocycles. The molecule has 0 bridgehead atoms. The zero-order valence-electron chi connectivity index (χ0n) is 10.3. The van der Waals surface area contributed by atoms with Gasteiger partial charge in [-0.3, -0.25) is 0 Å². The highest BCUT2D eigenvalue weighted by Crippen LogP contribution is 2.25. The number of hydrogen-bond acceptors (Lipinski definition) is 3. The molecule has 0 spiro atoms. The van der Waals surface area contributed by atoms with Crippen LogP contribution in [0.15, 0.2) is 35.7 Å². The van der Waals surface area contributed by atoms with Gasteiger partial charge in [-0.25, -0.2) is 12.7 Å². The molecule has 0 radical (unpaired) electrons. The van der Waals surface area contributed by atoms with Crippen molar-refractivity contribution >= 4 is 27.3 Å². The second-order valence-corrected chi connectivity index (χ2v) is 6.39. The van der Waals surface area contributed by atoms with Crippen molar-refractivity contribution in [3.05, 3.63) is 35.9 Å². The van der Waals surface area contributed by atoms with Crippen LogP contribution in [0, 0.1) is 0 Å². The van der Waals surface area contributed by atoms with E-state index >= 15 is 0 Å². The number of unbranched alkanes of at least 4 members (excludes halogenated alkanes) is 1. The normalized spacial score (nSPS) is 11.7. The molecular formula is C12H17ClN2O2S. The first-order chi connectivity index (χ1) is 8.39. The number of benzene rings is 1. The number of halogens is 1. The van der Waals surface area contributed by atoms with E-state index in [2.05, 4.69) is 6.58 Å². The van der Waals surface area contributed by atoms with Crippen molar-refractivity contribution in [2.24, 2.45) is 0 Å². The third-order valence-corrected chi connectivity index (χ3v) is 4.69. The average molecular weight is 289 g/mol. The molecule has 0 heterocycles. The molecule has 0 amide bonds. The van der Waals surface area contributed by atoms with Gasteiger partial charge in [0.15, 0.2) is 0 Å². The largest absolute Gasteiger partial charge is 0.398 e. The minimum Gasteiger partial charge on any atom is -0.398 e. The first-order valence-electron chi connectivity index (χ1n) is 5.52. The van der Waals surface area contributed by atoms with Gasteiger partial charge in [0.1, 0.15) is 4.90 Å². The second kappa shape index (κ2) is 6.22. The Hall–Kier alpha value is -1.04. The summed E-state index contributed by atoms with van der Waals surface area (Å²) in [5.41, 5.74) is 5.89. The van der Waals surface area contributed by atoms with Gasteiger partial charge in [0, 0.05) is 18.6 Å². The second-order valence-electron chi connectivity index (χ2n) is 3.94. The van der Waals surface area contributed by atoms with Gasteiger partial charge in [-0.1, -0.05) is 17.7 Å². The number of nitrogens with two attached hydrogens (primary N) is 1. The lowest BCUT2D eigenvalue weighted by atomic mass is 10.3. The minimum atomic E-state index is -3.58. The summed E-state index contributed by atoms with van der Waals surface area (Å²) in [6, 6.07) is 4.43. The monoisotopic (exact) mass is 288 g/mol. The highest BCUT2D eigenvalue weighted by molar-refractivity contribution is 7.89. The Morgan fingerprint density at radius 3 is 2.78 bits per heavy atom. The molecule has 0 aliphatic carbocycles. The zero-order chi connectivity index (χ0) is 13.8. The number of nitrogens with zero attached hydrogens (tertiary/aromatic N) is 1. The summed E-state index contributed by atoms with van der Waals surface area (Å²) >= 11 is 5.80. The van der Waals surface area contributed by atoms with Crippen LogP contribution in [0.25, 0.3) is 0 Å². The molecule has 4 nitrogen and oxygen atoms in total. The summed E-state index contributed by atoms with van der Waals surface area (Å²) < 4.78 is 25.8. The van der Waals surface area contributed by atoms with Gasteiger partial charge in [-0.2, -0.15) is 0 Å². The van der Waals surface area contributed by atoms with Crippen LogP contribution in [0.3, 0.4) is 0 Å². The van der Waals surface area contributed by atoms with E-state index in [0.29, 0.717) is 11.6 Å². The van der Waals surface area contributed by atoms with Crippen molar-refractivity contribution in [1.29, 1.82) is 0 Å². The predicted octanol–water partition coefficient (Wildman–Crippen LogP) is 2.51. The molecule has 0 atom stereocenters. The number of sulfonamides is 1. The number of anilines is 1. The van der Waals surface area contributed by atoms with Crippen molar-refractivity contribution in [3.8, 4) is 0 Å². The minimum absolute atomic E-state index is 0.0519. The number of hydrogen-bond donors (Lipinski definition) is 1. The van der Waals surface area contributed by atoms with Gasteiger partial charge in [0.05, 0.1) is 5.69 Å². The highest BCUT2D eigenvalue weighted by Gasteiger charge is 2.22. The summed E-state index contributed by atoms with van der Waals surface area (Å²) in [6.07, 6.45) is 3.25. The van der Waals surface area contributed by atoms with Gasteiger partial charge in [-0.05, 0) is 31.0 Å². The highest BCUT2D eigenvalue weighted by atomic mass is 35.5. The smallest absolute Gasteiger partial charge is 0.244 e. The van der Waals surface area contributed by atoms with Crippen LogP contribution in [0.4, 0.5) is 5.69 Å². The zero-order valence-corrected chi connectivity index (χ0v) is 11.8. The van der Waals surface area contributed by atoms with Crippen molar-refractivity contribution in [2.45, 2.75) is 17.7 Å². The van der Waals surface area contributed by atoms with Crippen LogP contribution >= 0.6 is 11.6 Å². The SMILES string of the molecule is C=CCCCN(C)S(=O)(=O)c1cc(Cl)ccc1N. The van der Waals surface area contributed by atoms with E-state index in [9.17, 15) is 8.42 Å². The van der Waals surface area contributed by atoms with Crippen LogP contribution in [-0.4, -0.2) is 26.3 Å². The summed E-state index contributed by atoms with van der Waals surface area (Å²) in [4.78, 5) is 0.0519. The van der Waals surface area contributed by atoms with Gasteiger partial charge in [0.25, 0.3) is 0 Å². The number of nitrogen functional groups attached to an aromatic ring is 1. The molecule has 1 aromatic carbocycles. The molecule has 0 fully saturated rings. The quantitative estimate of drug-likeness (QED) is 0.497. The molecule has 6 heteroatoms. The third kappa shape index (κ3) is 3.48. The fourth-order valence-electron chi connectivity index (χ4n) is 1.48. The van der Waals surface area contributed by atoms with Crippen molar-refractivity contribution < 1.29 is 8.42 Å². The van der Waals surface area contributed by atoms with Crippen molar-refractivity contribution in [1.82, 2.24) is 4.31 Å². The summed E-state index contributed by atoms with van der Waals surface area (Å²) in [5.74, 6) is 0. The molecule has 0 aliphatic heterocycles. The fraction of sp³-hybridized carbons (Fsp3) is 0.333. The van der Waals surface area contributed by atoms with Crippen LogP contribution in [-0.2, 0) is 10.0 Å². The van der Waals surface area contributed by atoms with Crippen molar-refractivity contribution in [2.75, 3.05) is 19.3 Å². The van der Waals surface area contributed by atoms with E-state index in [-0.39, 0.29) is 10.6 Å². The maximum atomic E-state index is 12.3. The lowest BCUT2D eigenvalue weighted by Crippen LogP contribution is -2.28. The van der Waals surface area contributed by atoms with Crippen LogP contribution in [0.5, 0.6) is 0 Å². The first kappa shape index (κ1) is 15.0. The maximum Gasteiger partial charge on any atom is 0.244 e. The van der Waals surface area contributed by atoms with Gasteiger partial charge in [-0.15, -0.1) is 6.58 Å². The molecule has 1 aromatic rings. The van der Waals surface area contributed by atoms with Crippen molar-refractivity contribution in [3.63, 3.8) is 0 Å². The lowest BCUT2D eigenvalue weighted by Gasteiger charge is -2.18. The fourth-order valence-corrected chi connectivity index (χ4v) is 3.06. The van der Waals surface area contributed by atoms with E-state index in [1.54, 1.807) is 12.1 Å². The van der Waals surface area contributed by atoms with E-state index in [1.165, 1.54) is 23.5 Å². The van der Waals surface area contributed by atoms with Gasteiger partial charge in [0.2, 0.25) is 10.0 Å². The Balaban J connectivity index is 2.98. The summed E-state index contributed by atoms with van der Waals surface area (Å²) in [7, 11) is -2.06. The van der Waals surface area contributed by atoms with E-state index in [4.69, 9.17) is 17.3 Å². The summed E-state index contributed by atoms with van der Waals surface area (Å²) in [6.45, 7) is 4.02. The molecule has 100 valence electrons. The Bertz CT molecular complexity index is 529. The third-order valence-electron chi connectivity index (χ3n) is 2.55. The molecule has 0 unspecified atom stereocenters. The molecular weight excluding hydrogens is 272 g/mol. The van der Waals surface area contributed by atoms with Crippen LogP contribution < -0.4 is 5.73 Å². The summed E-state index contributed by atoms with van der Waals surface area (Å²) in [5, 5.41) is 0.349. The molecule has 1 rings (SSSR count). The molecule has 18 heavy (non-hydrogen) atoms. The number of allylic oxidation sites excluding steroid dienone is 1. The lowest BCUT2D eigenvalue weighted by molar-refractivity contribution is 0.463. The average Bonchev–Trinajstić information content (AvgIpc) is 2.32. The molecule has 0 aromatic heterocycles. The standard InChI is InChI=1S/C12H17ClN2O2S/c1-3-4-5-8-15(2)18(16,17)12-9-10(13)6-7-11(12)14/h3,6-7,9H,1,4-5,8,14H2,2H3. The number of rotatable bonds is 6. The van der Waals surface area contributed by atoms with Crippen LogP contribution in [0.1, 0.15) is 12.8 Å². The van der Waals surface area contributed by atoms with E-state index in [1.807, 2.05) is 0 Å². The van der Waals surface area contributed by atoms with E-state index in [0.717, 1.165) is 12.8 Å². The first-order valence-corrected chi connectivity index (χ1v) is 7.33. The predicted molar refractivity (Wildman–Crippen MR) is 75.1 cm³/mol. The topological polar surface area (TPSA) is 63.4 Å². The Morgan fingerprint density at radius 1 is 1.50 bits per heavy atom. The Labute approximate surface area is 113 Å². The van der Waals surface area contributed by atoms with Gasteiger partial charge >= 0.3 is 0 Å². The molecule has 2 N–H and O–H groups in total. The van der Waals surface area contributed by atoms with E-state index < -0.39 is 10.0 Å². The van der Waals surface area contributed by atoms with Gasteiger partial charge < -0.3 is 5.73 Å². The molecule has 0 aliphatic rings. The Morgan fingerprint density at radius 2 is 2.17 bits per heavy atom. The molecule has 0 saturated heterocycles. The Kier molecular flexibility index (Phi) is 5.19.